The molecule has 1 saturated carbocycles. The Hall–Kier alpha value is -2.59. The predicted molar refractivity (Wildman–Crippen MR) is 101 cm³/mol. The highest BCUT2D eigenvalue weighted by molar-refractivity contribution is 6.45. The summed E-state index contributed by atoms with van der Waals surface area (Å²) in [5.74, 6) is 2.62. The van der Waals surface area contributed by atoms with Crippen LogP contribution < -0.4 is 4.90 Å². The largest absolute Gasteiger partial charge is 0.278 e. The Kier molecular flexibility index (Phi) is 3.56. The number of hydrogen-bond acceptors (Lipinski definition) is 3. The number of amidine groups is 3. The van der Waals surface area contributed by atoms with E-state index in [1.54, 1.807) is 0 Å². The van der Waals surface area contributed by atoms with Crippen molar-refractivity contribution in [1.29, 1.82) is 0 Å². The van der Waals surface area contributed by atoms with Crippen LogP contribution in [0.3, 0.4) is 0 Å². The number of fused-ring (bicyclic) bond motifs is 2. The third-order valence-corrected chi connectivity index (χ3v) is 5.40. The lowest BCUT2D eigenvalue weighted by molar-refractivity contribution is -0.766. The number of para-hydroxylation sites is 1. The number of nitrogens with one attached hydrogen (secondary N) is 1. The summed E-state index contributed by atoms with van der Waals surface area (Å²) in [7, 11) is 0. The highest BCUT2D eigenvalue weighted by atomic mass is 15.3. The van der Waals surface area contributed by atoms with Gasteiger partial charge in [-0.15, -0.1) is 0 Å². The molecule has 5 rings (SSSR count). The van der Waals surface area contributed by atoms with E-state index in [4.69, 9.17) is 15.0 Å². The summed E-state index contributed by atoms with van der Waals surface area (Å²) in [5, 5.41) is 0. The van der Waals surface area contributed by atoms with Crippen LogP contribution >= 0.6 is 0 Å². The first-order chi connectivity index (χ1) is 12.4. The van der Waals surface area contributed by atoms with Gasteiger partial charge >= 0.3 is 0 Å². The van der Waals surface area contributed by atoms with E-state index in [1.165, 1.54) is 29.8 Å². The molecule has 2 aromatic rings. The van der Waals surface area contributed by atoms with Crippen LogP contribution in [0.5, 0.6) is 0 Å². The van der Waals surface area contributed by atoms with Gasteiger partial charge in [0.05, 0.1) is 0 Å². The van der Waals surface area contributed by atoms with Crippen molar-refractivity contribution in [3.05, 3.63) is 66.2 Å². The predicted octanol–water partition coefficient (Wildman–Crippen LogP) is 2.79. The van der Waals surface area contributed by atoms with Crippen LogP contribution in [-0.4, -0.2) is 29.6 Å². The summed E-state index contributed by atoms with van der Waals surface area (Å²) in [6, 6.07) is 21.7. The maximum Gasteiger partial charge on any atom is 0.278 e. The molecule has 2 heterocycles. The normalized spacial score (nSPS) is 27.7. The minimum Gasteiger partial charge on any atom is -0.250 e. The Morgan fingerprint density at radius 3 is 2.28 bits per heavy atom. The van der Waals surface area contributed by atoms with E-state index in [1.807, 2.05) is 18.2 Å². The van der Waals surface area contributed by atoms with Gasteiger partial charge in [0.15, 0.2) is 5.84 Å². The molecule has 0 radical (unpaired) electrons. The van der Waals surface area contributed by atoms with Gasteiger partial charge in [-0.05, 0) is 25.0 Å². The SMILES string of the molecule is c1ccc(C2=NC3=NC4CCCC[C@@H]4[NH+](c4ccccc4)C3=N2)cc1. The molecule has 1 fully saturated rings. The lowest BCUT2D eigenvalue weighted by Gasteiger charge is -2.37. The lowest BCUT2D eigenvalue weighted by Crippen LogP contribution is -3.17. The van der Waals surface area contributed by atoms with Gasteiger partial charge in [0, 0.05) is 12.0 Å². The average Bonchev–Trinajstić information content (AvgIpc) is 3.11. The van der Waals surface area contributed by atoms with Crippen molar-refractivity contribution in [1.82, 2.24) is 0 Å². The Morgan fingerprint density at radius 1 is 0.760 bits per heavy atom. The maximum absolute atomic E-state index is 4.99. The molecule has 0 amide bonds. The van der Waals surface area contributed by atoms with Crippen molar-refractivity contribution < 1.29 is 4.90 Å². The Balaban J connectivity index is 1.62. The number of rotatable bonds is 2. The number of benzene rings is 2. The van der Waals surface area contributed by atoms with Crippen molar-refractivity contribution in [2.75, 3.05) is 0 Å². The number of hydrogen-bond donors (Lipinski definition) is 1. The van der Waals surface area contributed by atoms with Gasteiger partial charge < -0.3 is 0 Å². The molecule has 0 spiro atoms. The number of aliphatic imine (C=N–C) groups is 3. The van der Waals surface area contributed by atoms with Gasteiger partial charge in [0.1, 0.15) is 17.8 Å². The van der Waals surface area contributed by atoms with Crippen molar-refractivity contribution in [3.63, 3.8) is 0 Å². The van der Waals surface area contributed by atoms with E-state index >= 15 is 0 Å². The molecule has 1 N–H and O–H groups in total. The van der Waals surface area contributed by atoms with Crippen molar-refractivity contribution >= 4 is 23.2 Å². The molecule has 2 aromatic carbocycles. The van der Waals surface area contributed by atoms with E-state index in [9.17, 15) is 0 Å². The summed E-state index contributed by atoms with van der Waals surface area (Å²) < 4.78 is 0. The fourth-order valence-electron chi connectivity index (χ4n) is 4.22. The first kappa shape index (κ1) is 14.7. The quantitative estimate of drug-likeness (QED) is 0.880. The summed E-state index contributed by atoms with van der Waals surface area (Å²) in [6.07, 6.45) is 4.91. The van der Waals surface area contributed by atoms with Gasteiger partial charge in [0.2, 0.25) is 5.84 Å². The molecule has 1 aliphatic carbocycles. The zero-order valence-corrected chi connectivity index (χ0v) is 14.1. The van der Waals surface area contributed by atoms with Crippen LogP contribution in [0.25, 0.3) is 0 Å². The Bertz CT molecular complexity index is 867. The fraction of sp³-hybridized carbons (Fsp3) is 0.286. The zero-order valence-electron chi connectivity index (χ0n) is 14.1. The zero-order chi connectivity index (χ0) is 16.6. The number of nitrogens with zero attached hydrogens (tertiary/aromatic N) is 3. The van der Waals surface area contributed by atoms with Gasteiger partial charge in [-0.25, -0.2) is 9.89 Å². The molecule has 0 saturated heterocycles. The molecule has 25 heavy (non-hydrogen) atoms. The van der Waals surface area contributed by atoms with Crippen molar-refractivity contribution in [3.8, 4) is 0 Å². The van der Waals surface area contributed by atoms with Gasteiger partial charge in [-0.2, -0.15) is 4.99 Å². The first-order valence-electron chi connectivity index (χ1n) is 9.14. The van der Waals surface area contributed by atoms with Crippen LogP contribution in [0, 0.1) is 0 Å². The van der Waals surface area contributed by atoms with E-state index < -0.39 is 0 Å². The molecule has 124 valence electrons. The molecule has 2 unspecified atom stereocenters. The standard InChI is InChI=1S/C21H20N4/c1-3-9-15(10-4-1)19-23-20-21(24-19)25(16-11-5-2-6-12-16)18-14-8-7-13-17(18)22-20/h1-6,9-12,17-18H,7-8,13-14H2/p+1/t17?,18-/m0/s1. The topological polar surface area (TPSA) is 41.5 Å². The van der Waals surface area contributed by atoms with Crippen LogP contribution in [0.1, 0.15) is 31.2 Å². The Labute approximate surface area is 147 Å². The second-order valence-electron chi connectivity index (χ2n) is 6.95. The minimum absolute atomic E-state index is 0.358. The maximum atomic E-state index is 4.99. The van der Waals surface area contributed by atoms with E-state index in [-0.39, 0.29) is 0 Å². The van der Waals surface area contributed by atoms with Crippen molar-refractivity contribution in [2.24, 2.45) is 15.0 Å². The van der Waals surface area contributed by atoms with E-state index in [2.05, 4.69) is 42.5 Å². The summed E-state index contributed by atoms with van der Waals surface area (Å²) in [4.78, 5) is 16.1. The van der Waals surface area contributed by atoms with Gasteiger partial charge in [0.25, 0.3) is 5.84 Å². The average molecular weight is 329 g/mol. The van der Waals surface area contributed by atoms with Gasteiger partial charge in [-0.1, -0.05) is 55.0 Å². The molecule has 2 aliphatic heterocycles. The monoisotopic (exact) mass is 329 g/mol. The van der Waals surface area contributed by atoms with E-state index in [0.717, 1.165) is 29.5 Å². The molecule has 0 bridgehead atoms. The summed E-state index contributed by atoms with van der Waals surface area (Å²) in [6.45, 7) is 0. The molecule has 4 nitrogen and oxygen atoms in total. The highest BCUT2D eigenvalue weighted by Gasteiger charge is 2.45. The van der Waals surface area contributed by atoms with Crippen LogP contribution in [0.2, 0.25) is 0 Å². The molecule has 3 atom stereocenters. The second kappa shape index (κ2) is 6.05. The van der Waals surface area contributed by atoms with Crippen LogP contribution in [-0.2, 0) is 0 Å². The third-order valence-electron chi connectivity index (χ3n) is 5.40. The third kappa shape index (κ3) is 2.53. The molecule has 0 aromatic heterocycles. The molecule has 4 heteroatoms. The summed E-state index contributed by atoms with van der Waals surface area (Å²) >= 11 is 0. The van der Waals surface area contributed by atoms with Gasteiger partial charge in [-0.3, -0.25) is 4.99 Å². The molecular weight excluding hydrogens is 308 g/mol. The first-order valence-corrected chi connectivity index (χ1v) is 9.14. The Morgan fingerprint density at radius 2 is 1.48 bits per heavy atom. The lowest BCUT2D eigenvalue weighted by atomic mass is 9.87. The van der Waals surface area contributed by atoms with Crippen LogP contribution in [0.4, 0.5) is 5.69 Å². The fourth-order valence-corrected chi connectivity index (χ4v) is 4.22. The number of quaternary nitrogens is 1. The van der Waals surface area contributed by atoms with Crippen LogP contribution in [0.15, 0.2) is 75.6 Å². The highest BCUT2D eigenvalue weighted by Crippen LogP contribution is 2.25. The summed E-state index contributed by atoms with van der Waals surface area (Å²) in [5.41, 5.74) is 2.33. The van der Waals surface area contributed by atoms with E-state index in [0.29, 0.717) is 12.1 Å². The van der Waals surface area contributed by atoms with Crippen molar-refractivity contribution in [2.45, 2.75) is 37.8 Å². The molecular formula is C21H21N4+. The smallest absolute Gasteiger partial charge is 0.250 e. The molecule has 3 aliphatic rings. The second-order valence-corrected chi connectivity index (χ2v) is 6.95. The minimum atomic E-state index is 0.358.